The number of carbonyl (C=O) groups is 2. The number of nitrogens with zero attached hydrogens (tertiary/aromatic N) is 3. The summed E-state index contributed by atoms with van der Waals surface area (Å²) < 4.78 is 11.6. The van der Waals surface area contributed by atoms with Crippen molar-refractivity contribution < 1.29 is 19.1 Å². The van der Waals surface area contributed by atoms with Crippen molar-refractivity contribution in [2.24, 2.45) is 7.05 Å². The van der Waals surface area contributed by atoms with E-state index in [4.69, 9.17) is 9.47 Å². The second-order valence-electron chi connectivity index (χ2n) is 7.03. The zero-order valence-electron chi connectivity index (χ0n) is 16.7. The summed E-state index contributed by atoms with van der Waals surface area (Å²) in [6.07, 6.45) is 5.62. The van der Waals surface area contributed by atoms with Gasteiger partial charge in [0.15, 0.2) is 5.69 Å². The lowest BCUT2D eigenvalue weighted by molar-refractivity contribution is 0.0551. The lowest BCUT2D eigenvalue weighted by atomic mass is 9.97. The van der Waals surface area contributed by atoms with Crippen LogP contribution in [0.5, 0.6) is 0 Å². The summed E-state index contributed by atoms with van der Waals surface area (Å²) in [4.78, 5) is 27.3. The summed E-state index contributed by atoms with van der Waals surface area (Å²) in [5, 5.41) is 4.18. The van der Waals surface area contributed by atoms with Crippen molar-refractivity contribution >= 4 is 11.9 Å². The maximum Gasteiger partial charge on any atom is 0.356 e. The van der Waals surface area contributed by atoms with Crippen LogP contribution in [-0.2, 0) is 16.5 Å². The van der Waals surface area contributed by atoms with E-state index in [1.165, 1.54) is 11.8 Å². The zero-order valence-corrected chi connectivity index (χ0v) is 16.7. The molecule has 3 rings (SSSR count). The Balaban J connectivity index is 1.89. The highest BCUT2D eigenvalue weighted by atomic mass is 16.5. The smallest absolute Gasteiger partial charge is 0.356 e. The lowest BCUT2D eigenvalue weighted by Gasteiger charge is -2.36. The average Bonchev–Trinajstić information content (AvgIpc) is 3.13. The van der Waals surface area contributed by atoms with Crippen LogP contribution in [0.1, 0.15) is 46.5 Å². The molecule has 7 nitrogen and oxygen atoms in total. The molecule has 28 heavy (non-hydrogen) atoms. The molecule has 1 aliphatic rings. The maximum absolute atomic E-state index is 13.2. The van der Waals surface area contributed by atoms with E-state index in [1.807, 2.05) is 29.2 Å². The predicted octanol–water partition coefficient (Wildman–Crippen LogP) is 2.90. The average molecular weight is 385 g/mol. The minimum atomic E-state index is -0.456. The van der Waals surface area contributed by atoms with Crippen molar-refractivity contribution in [3.05, 3.63) is 41.7 Å². The third-order valence-electron chi connectivity index (χ3n) is 5.28. The SMILES string of the molecule is COCCC1CCCCN1C(=O)c1cccc(-c2cnn(C)c2C(=O)OC)c1. The molecule has 0 radical (unpaired) electrons. The number of benzene rings is 1. The lowest BCUT2D eigenvalue weighted by Crippen LogP contribution is -2.44. The van der Waals surface area contributed by atoms with Crippen LogP contribution in [0.15, 0.2) is 30.5 Å². The molecule has 1 fully saturated rings. The molecule has 1 amide bonds. The van der Waals surface area contributed by atoms with Gasteiger partial charge in [-0.05, 0) is 43.4 Å². The fourth-order valence-corrected chi connectivity index (χ4v) is 3.80. The van der Waals surface area contributed by atoms with E-state index >= 15 is 0 Å². The Morgan fingerprint density at radius 1 is 1.25 bits per heavy atom. The molecule has 1 aromatic carbocycles. The summed E-state index contributed by atoms with van der Waals surface area (Å²) in [6, 6.07) is 7.56. The van der Waals surface area contributed by atoms with Gasteiger partial charge < -0.3 is 14.4 Å². The van der Waals surface area contributed by atoms with Gasteiger partial charge in [0, 0.05) is 44.5 Å². The van der Waals surface area contributed by atoms with Gasteiger partial charge in [-0.15, -0.1) is 0 Å². The van der Waals surface area contributed by atoms with Gasteiger partial charge >= 0.3 is 5.97 Å². The van der Waals surface area contributed by atoms with Crippen LogP contribution < -0.4 is 0 Å². The molecule has 1 aliphatic heterocycles. The van der Waals surface area contributed by atoms with E-state index in [0.29, 0.717) is 23.4 Å². The first-order chi connectivity index (χ1) is 13.6. The van der Waals surface area contributed by atoms with Crippen molar-refractivity contribution in [1.82, 2.24) is 14.7 Å². The van der Waals surface area contributed by atoms with Gasteiger partial charge in [0.1, 0.15) is 0 Å². The van der Waals surface area contributed by atoms with Crippen LogP contribution in [0, 0.1) is 0 Å². The molecule has 0 spiro atoms. The molecule has 1 aromatic heterocycles. The second-order valence-corrected chi connectivity index (χ2v) is 7.03. The summed E-state index contributed by atoms with van der Waals surface area (Å²) in [5.74, 6) is -0.437. The summed E-state index contributed by atoms with van der Waals surface area (Å²) in [5.41, 5.74) is 2.40. The standard InChI is InChI=1S/C21H27N3O4/c1-23-19(21(26)28-3)18(14-22-23)15-7-6-8-16(13-15)20(25)24-11-5-4-9-17(24)10-12-27-2/h6-8,13-14,17H,4-5,9-12H2,1-3H3. The van der Waals surface area contributed by atoms with Gasteiger partial charge in [-0.25, -0.2) is 4.79 Å². The fourth-order valence-electron chi connectivity index (χ4n) is 3.80. The van der Waals surface area contributed by atoms with Crippen molar-refractivity contribution in [2.45, 2.75) is 31.7 Å². The molecule has 1 unspecified atom stereocenters. The predicted molar refractivity (Wildman–Crippen MR) is 105 cm³/mol. The van der Waals surface area contributed by atoms with Gasteiger partial charge in [-0.2, -0.15) is 5.10 Å². The quantitative estimate of drug-likeness (QED) is 0.715. The minimum Gasteiger partial charge on any atom is -0.464 e. The van der Waals surface area contributed by atoms with Gasteiger partial charge in [0.25, 0.3) is 5.91 Å². The van der Waals surface area contributed by atoms with E-state index in [2.05, 4.69) is 5.10 Å². The van der Waals surface area contributed by atoms with Gasteiger partial charge in [-0.3, -0.25) is 9.48 Å². The highest BCUT2D eigenvalue weighted by Crippen LogP contribution is 2.27. The Morgan fingerprint density at radius 2 is 2.07 bits per heavy atom. The number of esters is 1. The van der Waals surface area contributed by atoms with E-state index in [-0.39, 0.29) is 11.9 Å². The van der Waals surface area contributed by atoms with Gasteiger partial charge in [-0.1, -0.05) is 12.1 Å². The summed E-state index contributed by atoms with van der Waals surface area (Å²) >= 11 is 0. The summed E-state index contributed by atoms with van der Waals surface area (Å²) in [7, 11) is 4.72. The van der Waals surface area contributed by atoms with Gasteiger partial charge in [0.2, 0.25) is 0 Å². The normalized spacial score (nSPS) is 16.8. The largest absolute Gasteiger partial charge is 0.464 e. The number of likely N-dealkylation sites (tertiary alicyclic amines) is 1. The molecule has 150 valence electrons. The first-order valence-corrected chi connectivity index (χ1v) is 9.57. The van der Waals surface area contributed by atoms with E-state index < -0.39 is 5.97 Å². The van der Waals surface area contributed by atoms with Crippen LogP contribution in [0.3, 0.4) is 0 Å². The molecule has 0 aliphatic carbocycles. The third kappa shape index (κ3) is 4.09. The van der Waals surface area contributed by atoms with Crippen molar-refractivity contribution in [3.8, 4) is 11.1 Å². The molecule has 0 saturated carbocycles. The maximum atomic E-state index is 13.2. The van der Waals surface area contributed by atoms with Crippen LogP contribution in [-0.4, -0.2) is 60.0 Å². The Labute approximate surface area is 165 Å². The van der Waals surface area contributed by atoms with E-state index in [9.17, 15) is 9.59 Å². The molecule has 0 bridgehead atoms. The zero-order chi connectivity index (χ0) is 20.1. The van der Waals surface area contributed by atoms with Crippen LogP contribution in [0.4, 0.5) is 0 Å². The van der Waals surface area contributed by atoms with E-state index in [0.717, 1.165) is 37.8 Å². The van der Waals surface area contributed by atoms with Gasteiger partial charge in [0.05, 0.1) is 13.3 Å². The molecule has 1 saturated heterocycles. The molecule has 2 aromatic rings. The monoisotopic (exact) mass is 385 g/mol. The molecule has 2 heterocycles. The third-order valence-corrected chi connectivity index (χ3v) is 5.28. The Bertz CT molecular complexity index is 846. The number of ether oxygens (including phenoxy) is 2. The molecule has 1 atom stereocenters. The Morgan fingerprint density at radius 3 is 2.82 bits per heavy atom. The number of hydrogen-bond acceptors (Lipinski definition) is 5. The number of amides is 1. The molecule has 7 heteroatoms. The minimum absolute atomic E-state index is 0.0196. The number of methoxy groups -OCH3 is 2. The van der Waals surface area contributed by atoms with Crippen molar-refractivity contribution in [2.75, 3.05) is 27.4 Å². The first-order valence-electron chi connectivity index (χ1n) is 9.57. The van der Waals surface area contributed by atoms with Crippen LogP contribution in [0.2, 0.25) is 0 Å². The number of piperidine rings is 1. The number of carbonyl (C=O) groups excluding carboxylic acids is 2. The van der Waals surface area contributed by atoms with Crippen LogP contribution >= 0.6 is 0 Å². The van der Waals surface area contributed by atoms with Crippen LogP contribution in [0.25, 0.3) is 11.1 Å². The number of rotatable bonds is 6. The molecular formula is C21H27N3O4. The topological polar surface area (TPSA) is 73.7 Å². The Hall–Kier alpha value is -2.67. The number of aryl methyl sites for hydroxylation is 1. The van der Waals surface area contributed by atoms with Crippen molar-refractivity contribution in [1.29, 1.82) is 0 Å². The summed E-state index contributed by atoms with van der Waals surface area (Å²) in [6.45, 7) is 1.41. The van der Waals surface area contributed by atoms with Crippen molar-refractivity contribution in [3.63, 3.8) is 0 Å². The first kappa shape index (κ1) is 20.1. The fraction of sp³-hybridized carbons (Fsp3) is 0.476. The molecular weight excluding hydrogens is 358 g/mol. The second kappa shape index (κ2) is 9.01. The molecule has 0 N–H and O–H groups in total. The Kier molecular flexibility index (Phi) is 6.46. The number of aromatic nitrogens is 2. The van der Waals surface area contributed by atoms with E-state index in [1.54, 1.807) is 20.4 Å². The number of hydrogen-bond donors (Lipinski definition) is 0. The highest BCUT2D eigenvalue weighted by molar-refractivity contribution is 5.98. The highest BCUT2D eigenvalue weighted by Gasteiger charge is 2.27.